The molecule has 1 atom stereocenters. The topological polar surface area (TPSA) is 79.8 Å². The van der Waals surface area contributed by atoms with Crippen molar-refractivity contribution < 1.29 is 4.79 Å². The number of aromatic amines is 1. The Bertz CT molecular complexity index is 1480. The fraction of sp³-hybridized carbons (Fsp3) is 0.192. The van der Waals surface area contributed by atoms with E-state index >= 15 is 0 Å². The van der Waals surface area contributed by atoms with Gasteiger partial charge in [0.05, 0.1) is 17.2 Å². The molecule has 0 unspecified atom stereocenters. The van der Waals surface area contributed by atoms with Crippen LogP contribution in [0.4, 0.5) is 0 Å². The van der Waals surface area contributed by atoms with Crippen molar-refractivity contribution in [2.45, 2.75) is 25.8 Å². The van der Waals surface area contributed by atoms with Crippen LogP contribution in [0.1, 0.15) is 28.3 Å². The van der Waals surface area contributed by atoms with Crippen molar-refractivity contribution in [2.24, 2.45) is 0 Å². The third kappa shape index (κ3) is 4.19. The predicted octanol–water partition coefficient (Wildman–Crippen LogP) is 4.59. The first-order valence-electron chi connectivity index (χ1n) is 10.9. The van der Waals surface area contributed by atoms with E-state index in [9.17, 15) is 9.59 Å². The van der Waals surface area contributed by atoms with Crippen molar-refractivity contribution >= 4 is 39.0 Å². The number of carbonyl (C=O) groups excluding carboxylic acids is 1. The van der Waals surface area contributed by atoms with Crippen LogP contribution in [-0.4, -0.2) is 27.0 Å². The van der Waals surface area contributed by atoms with Crippen LogP contribution in [0.5, 0.6) is 0 Å². The van der Waals surface area contributed by atoms with Crippen molar-refractivity contribution in [3.05, 3.63) is 98.9 Å². The fourth-order valence-corrected chi connectivity index (χ4v) is 5.10. The minimum Gasteiger partial charge on any atom is -0.361 e. The number of hydrogen-bond acceptors (Lipinski definition) is 4. The monoisotopic (exact) mass is 456 g/mol. The Morgan fingerprint density at radius 3 is 2.82 bits per heavy atom. The number of para-hydroxylation sites is 2. The Hall–Kier alpha value is -3.71. The van der Waals surface area contributed by atoms with Crippen LogP contribution in [0.25, 0.3) is 21.8 Å². The first-order valence-corrected chi connectivity index (χ1v) is 11.8. The van der Waals surface area contributed by atoms with Crippen molar-refractivity contribution in [1.82, 2.24) is 19.9 Å². The highest BCUT2D eigenvalue weighted by Crippen LogP contribution is 2.32. The molecule has 0 aliphatic rings. The van der Waals surface area contributed by atoms with Gasteiger partial charge in [-0.15, -0.1) is 11.3 Å². The number of H-pyrrole nitrogens is 1. The summed E-state index contributed by atoms with van der Waals surface area (Å²) in [7, 11) is 0. The highest BCUT2D eigenvalue weighted by atomic mass is 32.1. The zero-order valence-corrected chi connectivity index (χ0v) is 19.1. The highest BCUT2D eigenvalue weighted by molar-refractivity contribution is 7.10. The maximum absolute atomic E-state index is 12.8. The maximum Gasteiger partial charge on any atom is 0.261 e. The van der Waals surface area contributed by atoms with Gasteiger partial charge in [-0.25, -0.2) is 4.98 Å². The lowest BCUT2D eigenvalue weighted by Gasteiger charge is -2.16. The van der Waals surface area contributed by atoms with Crippen LogP contribution >= 0.6 is 11.3 Å². The molecule has 0 fully saturated rings. The summed E-state index contributed by atoms with van der Waals surface area (Å²) >= 11 is 1.68. The molecule has 5 rings (SSSR count). The van der Waals surface area contributed by atoms with E-state index in [0.717, 1.165) is 16.5 Å². The summed E-state index contributed by atoms with van der Waals surface area (Å²) in [5.41, 5.74) is 3.80. The van der Waals surface area contributed by atoms with Crippen molar-refractivity contribution in [1.29, 1.82) is 0 Å². The molecule has 3 aromatic heterocycles. The van der Waals surface area contributed by atoms with Crippen LogP contribution in [0.2, 0.25) is 0 Å². The molecule has 0 aliphatic carbocycles. The summed E-state index contributed by atoms with van der Waals surface area (Å²) in [5.74, 6) is -0.0363. The first-order chi connectivity index (χ1) is 16.1. The lowest BCUT2D eigenvalue weighted by atomic mass is 9.96. The van der Waals surface area contributed by atoms with E-state index in [-0.39, 0.29) is 30.3 Å². The number of fused-ring (bicyclic) bond motifs is 2. The summed E-state index contributed by atoms with van der Waals surface area (Å²) < 4.78 is 1.51. The lowest BCUT2D eigenvalue weighted by molar-refractivity contribution is -0.121. The molecule has 0 spiro atoms. The van der Waals surface area contributed by atoms with Crippen LogP contribution in [0.3, 0.4) is 0 Å². The minimum atomic E-state index is -0.119. The average molecular weight is 457 g/mol. The molecular formula is C26H24N4O2S. The molecule has 33 heavy (non-hydrogen) atoms. The number of nitrogens with zero attached hydrogens (tertiary/aromatic N) is 2. The van der Waals surface area contributed by atoms with E-state index in [1.54, 1.807) is 17.4 Å². The minimum absolute atomic E-state index is 0.0538. The Morgan fingerprint density at radius 1 is 1.12 bits per heavy atom. The molecule has 0 saturated heterocycles. The van der Waals surface area contributed by atoms with E-state index in [4.69, 9.17) is 0 Å². The molecule has 5 aromatic rings. The normalized spacial score (nSPS) is 12.3. The molecule has 2 aromatic carbocycles. The van der Waals surface area contributed by atoms with E-state index in [0.29, 0.717) is 17.4 Å². The first kappa shape index (κ1) is 21.2. The van der Waals surface area contributed by atoms with E-state index in [1.165, 1.54) is 21.3 Å². The molecular weight excluding hydrogens is 432 g/mol. The largest absolute Gasteiger partial charge is 0.361 e. The fourth-order valence-electron chi connectivity index (χ4n) is 4.26. The third-order valence-corrected chi connectivity index (χ3v) is 7.01. The quantitative estimate of drug-likeness (QED) is 0.376. The number of aromatic nitrogens is 3. The molecule has 7 heteroatoms. The molecule has 0 aliphatic heterocycles. The highest BCUT2D eigenvalue weighted by Gasteiger charge is 2.20. The second kappa shape index (κ2) is 9.03. The van der Waals surface area contributed by atoms with Gasteiger partial charge >= 0.3 is 0 Å². The number of amides is 1. The van der Waals surface area contributed by atoms with Crippen molar-refractivity contribution in [3.63, 3.8) is 0 Å². The predicted molar refractivity (Wildman–Crippen MR) is 133 cm³/mol. The van der Waals surface area contributed by atoms with Crippen LogP contribution < -0.4 is 10.9 Å². The third-order valence-electron chi connectivity index (χ3n) is 6.02. The number of nitrogens with one attached hydrogen (secondary N) is 2. The van der Waals surface area contributed by atoms with Crippen LogP contribution in [0.15, 0.2) is 77.3 Å². The number of benzene rings is 2. The molecule has 2 N–H and O–H groups in total. The zero-order valence-electron chi connectivity index (χ0n) is 18.2. The van der Waals surface area contributed by atoms with E-state index in [1.807, 2.05) is 43.5 Å². The number of thiophene rings is 1. The average Bonchev–Trinajstić information content (AvgIpc) is 3.50. The number of rotatable bonds is 7. The summed E-state index contributed by atoms with van der Waals surface area (Å²) in [5, 5.41) is 6.87. The standard InChI is InChI=1S/C26H24N4O2S/c1-17-6-4-8-19-25(17)29-16-30(26(19)32)12-11-24(31)28-15-21(23-10-5-13-33-23)20-14-27-22-9-3-2-7-18(20)22/h2-10,13-14,16,21,27H,11-12,15H2,1H3,(H,28,31)/t21-/m1/s1. The molecule has 166 valence electrons. The summed E-state index contributed by atoms with van der Waals surface area (Å²) in [6.07, 6.45) is 3.78. The van der Waals surface area contributed by atoms with Gasteiger partial charge < -0.3 is 10.3 Å². The summed E-state index contributed by atoms with van der Waals surface area (Å²) in [6, 6.07) is 17.9. The van der Waals surface area contributed by atoms with Crippen molar-refractivity contribution in [2.75, 3.05) is 6.54 Å². The number of aryl methyl sites for hydroxylation is 2. The molecule has 0 saturated carbocycles. The summed E-state index contributed by atoms with van der Waals surface area (Å²) in [6.45, 7) is 2.72. The lowest BCUT2D eigenvalue weighted by Crippen LogP contribution is -2.30. The Labute approximate surface area is 194 Å². The Morgan fingerprint density at radius 2 is 1.97 bits per heavy atom. The SMILES string of the molecule is Cc1cccc2c(=O)n(CCC(=O)NC[C@@H](c3cccs3)c3c[nH]c4ccccc34)cnc12. The molecule has 1 amide bonds. The van der Waals surface area contributed by atoms with Crippen LogP contribution in [-0.2, 0) is 11.3 Å². The van der Waals surface area contributed by atoms with Gasteiger partial charge in [0.25, 0.3) is 5.56 Å². The molecule has 0 radical (unpaired) electrons. The maximum atomic E-state index is 12.8. The van der Waals surface area contributed by atoms with Gasteiger partial charge in [0.2, 0.25) is 5.91 Å². The Balaban J connectivity index is 1.30. The zero-order chi connectivity index (χ0) is 22.8. The summed E-state index contributed by atoms with van der Waals surface area (Å²) in [4.78, 5) is 34.4. The van der Waals surface area contributed by atoms with Gasteiger partial charge in [-0.05, 0) is 41.6 Å². The van der Waals surface area contributed by atoms with Crippen LogP contribution in [0, 0.1) is 6.92 Å². The second-order valence-corrected chi connectivity index (χ2v) is 9.11. The van der Waals surface area contributed by atoms with Gasteiger partial charge in [0.15, 0.2) is 0 Å². The Kier molecular flexibility index (Phi) is 5.79. The van der Waals surface area contributed by atoms with Gasteiger partial charge in [-0.1, -0.05) is 36.4 Å². The van der Waals surface area contributed by atoms with E-state index < -0.39 is 0 Å². The molecule has 0 bridgehead atoms. The molecule has 6 nitrogen and oxygen atoms in total. The second-order valence-electron chi connectivity index (χ2n) is 8.13. The van der Waals surface area contributed by atoms with Gasteiger partial charge in [0.1, 0.15) is 0 Å². The van der Waals surface area contributed by atoms with Crippen molar-refractivity contribution in [3.8, 4) is 0 Å². The number of hydrogen-bond donors (Lipinski definition) is 2. The van der Waals surface area contributed by atoms with E-state index in [2.05, 4.69) is 38.9 Å². The van der Waals surface area contributed by atoms with Gasteiger partial charge in [-0.3, -0.25) is 14.2 Å². The van der Waals surface area contributed by atoms with Gasteiger partial charge in [-0.2, -0.15) is 0 Å². The molecule has 3 heterocycles. The smallest absolute Gasteiger partial charge is 0.261 e. The van der Waals surface area contributed by atoms with Gasteiger partial charge in [0, 0.05) is 47.4 Å². The number of carbonyl (C=O) groups is 1.